The Balaban J connectivity index is 2.13. The van der Waals surface area contributed by atoms with Crippen LogP contribution in [-0.2, 0) is 14.8 Å². The molecular formula is C19H29N3O6S. The molecule has 10 heteroatoms. The first-order valence-corrected chi connectivity index (χ1v) is 11.3. The highest BCUT2D eigenvalue weighted by Gasteiger charge is 2.27. The smallest absolute Gasteiger partial charge is 0.312 e. The molecule has 0 aliphatic heterocycles. The number of rotatable bonds is 9. The van der Waals surface area contributed by atoms with Crippen molar-refractivity contribution in [1.29, 1.82) is 0 Å². The topological polar surface area (TPSA) is 119 Å². The molecule has 0 saturated heterocycles. The molecule has 0 aromatic heterocycles. The number of ether oxygens (including phenoxy) is 1. The van der Waals surface area contributed by atoms with E-state index < -0.39 is 20.6 Å². The van der Waals surface area contributed by atoms with E-state index in [1.165, 1.54) is 16.4 Å². The Labute approximate surface area is 171 Å². The third-order valence-corrected chi connectivity index (χ3v) is 7.33. The number of hydrogen-bond donors (Lipinski definition) is 1. The SMILES string of the molecule is CCN(CC)S(=O)(=O)c1ccc(OCC(=O)NC2CCCCC2C)c([N+](=O)[O-])c1. The van der Waals surface area contributed by atoms with Gasteiger partial charge >= 0.3 is 5.69 Å². The van der Waals surface area contributed by atoms with Crippen molar-refractivity contribution in [1.82, 2.24) is 9.62 Å². The fourth-order valence-corrected chi connectivity index (χ4v) is 5.04. The minimum absolute atomic E-state index is 0.0800. The van der Waals surface area contributed by atoms with Gasteiger partial charge in [-0.05, 0) is 30.9 Å². The van der Waals surface area contributed by atoms with Gasteiger partial charge in [-0.2, -0.15) is 4.31 Å². The molecule has 1 aliphatic rings. The normalized spacial score (nSPS) is 19.7. The number of nitrogens with one attached hydrogen (secondary N) is 1. The minimum atomic E-state index is -3.84. The van der Waals surface area contributed by atoms with Crippen LogP contribution >= 0.6 is 0 Å². The van der Waals surface area contributed by atoms with Crippen LogP contribution in [0.5, 0.6) is 5.75 Å². The van der Waals surface area contributed by atoms with Gasteiger partial charge < -0.3 is 10.1 Å². The summed E-state index contributed by atoms with van der Waals surface area (Å²) in [6.45, 7) is 5.61. The summed E-state index contributed by atoms with van der Waals surface area (Å²) in [5, 5.41) is 14.3. The van der Waals surface area contributed by atoms with Crippen molar-refractivity contribution in [3.8, 4) is 5.75 Å². The number of hydrogen-bond acceptors (Lipinski definition) is 6. The van der Waals surface area contributed by atoms with E-state index in [0.717, 1.165) is 31.7 Å². The van der Waals surface area contributed by atoms with Crippen LogP contribution in [0.3, 0.4) is 0 Å². The van der Waals surface area contributed by atoms with Crippen molar-refractivity contribution in [2.24, 2.45) is 5.92 Å². The summed E-state index contributed by atoms with van der Waals surface area (Å²) in [7, 11) is -3.84. The monoisotopic (exact) mass is 427 g/mol. The molecular weight excluding hydrogens is 398 g/mol. The molecule has 1 amide bonds. The van der Waals surface area contributed by atoms with Gasteiger partial charge in [0.25, 0.3) is 5.91 Å². The van der Waals surface area contributed by atoms with Crippen LogP contribution in [-0.4, -0.2) is 49.3 Å². The zero-order chi connectivity index (χ0) is 21.6. The van der Waals surface area contributed by atoms with Gasteiger partial charge in [-0.3, -0.25) is 14.9 Å². The second-order valence-corrected chi connectivity index (χ2v) is 9.14. The second-order valence-electron chi connectivity index (χ2n) is 7.20. The average Bonchev–Trinajstić information content (AvgIpc) is 2.68. The Hall–Kier alpha value is -2.20. The second kappa shape index (κ2) is 10.0. The Morgan fingerprint density at radius 3 is 2.52 bits per heavy atom. The van der Waals surface area contributed by atoms with Crippen molar-refractivity contribution >= 4 is 21.6 Å². The summed E-state index contributed by atoms with van der Waals surface area (Å²) in [5.41, 5.74) is -0.489. The first kappa shape index (κ1) is 23.1. The number of amides is 1. The van der Waals surface area contributed by atoms with Crippen LogP contribution in [0.4, 0.5) is 5.69 Å². The number of nitro groups is 1. The molecule has 9 nitrogen and oxygen atoms in total. The lowest BCUT2D eigenvalue weighted by molar-refractivity contribution is -0.386. The summed E-state index contributed by atoms with van der Waals surface area (Å²) in [4.78, 5) is 22.7. The lowest BCUT2D eigenvalue weighted by Crippen LogP contribution is -2.43. The van der Waals surface area contributed by atoms with E-state index in [2.05, 4.69) is 12.2 Å². The molecule has 1 aromatic carbocycles. The summed E-state index contributed by atoms with van der Waals surface area (Å²) >= 11 is 0. The van der Waals surface area contributed by atoms with Gasteiger partial charge in [0.1, 0.15) is 0 Å². The molecule has 1 fully saturated rings. The van der Waals surface area contributed by atoms with E-state index in [-0.39, 0.29) is 42.3 Å². The van der Waals surface area contributed by atoms with Crippen molar-refractivity contribution in [2.75, 3.05) is 19.7 Å². The molecule has 0 spiro atoms. The number of nitrogens with zero attached hydrogens (tertiary/aromatic N) is 2. The third-order valence-electron chi connectivity index (χ3n) is 5.29. The highest BCUT2D eigenvalue weighted by Crippen LogP contribution is 2.31. The number of nitro benzene ring substituents is 1. The summed E-state index contributed by atoms with van der Waals surface area (Å²) < 4.78 is 31.8. The van der Waals surface area contributed by atoms with Gasteiger partial charge in [-0.15, -0.1) is 0 Å². The molecule has 162 valence electrons. The van der Waals surface area contributed by atoms with Gasteiger partial charge in [0.15, 0.2) is 12.4 Å². The van der Waals surface area contributed by atoms with Crippen LogP contribution < -0.4 is 10.1 Å². The van der Waals surface area contributed by atoms with Crippen LogP contribution in [0, 0.1) is 16.0 Å². The highest BCUT2D eigenvalue weighted by molar-refractivity contribution is 7.89. The molecule has 1 N–H and O–H groups in total. The van der Waals surface area contributed by atoms with Gasteiger partial charge in [-0.1, -0.05) is 33.6 Å². The summed E-state index contributed by atoms with van der Waals surface area (Å²) in [5.74, 6) is -0.107. The lowest BCUT2D eigenvalue weighted by atomic mass is 9.86. The average molecular weight is 428 g/mol. The van der Waals surface area contributed by atoms with Gasteiger partial charge in [0.05, 0.1) is 9.82 Å². The maximum Gasteiger partial charge on any atom is 0.312 e. The quantitative estimate of drug-likeness (QED) is 0.478. The van der Waals surface area contributed by atoms with Gasteiger partial charge in [0.2, 0.25) is 10.0 Å². The number of carbonyl (C=O) groups is 1. The Morgan fingerprint density at radius 2 is 1.93 bits per heavy atom. The van der Waals surface area contributed by atoms with E-state index >= 15 is 0 Å². The molecule has 1 aromatic rings. The van der Waals surface area contributed by atoms with Crippen LogP contribution in [0.1, 0.15) is 46.5 Å². The Morgan fingerprint density at radius 1 is 1.28 bits per heavy atom. The highest BCUT2D eigenvalue weighted by atomic mass is 32.2. The maximum atomic E-state index is 12.6. The molecule has 2 atom stereocenters. The fourth-order valence-electron chi connectivity index (χ4n) is 3.56. The molecule has 29 heavy (non-hydrogen) atoms. The van der Waals surface area contributed by atoms with E-state index in [1.54, 1.807) is 13.8 Å². The first-order valence-electron chi connectivity index (χ1n) is 9.91. The largest absolute Gasteiger partial charge is 0.477 e. The van der Waals surface area contributed by atoms with E-state index in [9.17, 15) is 23.3 Å². The predicted octanol–water partition coefficient (Wildman–Crippen LogP) is 2.70. The zero-order valence-electron chi connectivity index (χ0n) is 17.1. The molecule has 1 aliphatic carbocycles. The van der Waals surface area contributed by atoms with Crippen LogP contribution in [0.25, 0.3) is 0 Å². The van der Waals surface area contributed by atoms with Gasteiger partial charge in [-0.25, -0.2) is 8.42 Å². The molecule has 2 unspecified atom stereocenters. The standard InChI is InChI=1S/C19H29N3O6S/c1-4-21(5-2)29(26,27)15-10-11-18(17(12-15)22(24)25)28-13-19(23)20-16-9-7-6-8-14(16)3/h10-12,14,16H,4-9,13H2,1-3H3,(H,20,23). The number of sulfonamides is 1. The predicted molar refractivity (Wildman–Crippen MR) is 108 cm³/mol. The van der Waals surface area contributed by atoms with Crippen molar-refractivity contribution < 1.29 is 22.9 Å². The van der Waals surface area contributed by atoms with Crippen molar-refractivity contribution in [3.63, 3.8) is 0 Å². The van der Waals surface area contributed by atoms with Crippen molar-refractivity contribution in [3.05, 3.63) is 28.3 Å². The fraction of sp³-hybridized carbons (Fsp3) is 0.632. The third kappa shape index (κ3) is 5.66. The van der Waals surface area contributed by atoms with E-state index in [1.807, 2.05) is 0 Å². The van der Waals surface area contributed by atoms with Crippen LogP contribution in [0.15, 0.2) is 23.1 Å². The molecule has 1 saturated carbocycles. The Kier molecular flexibility index (Phi) is 7.97. The summed E-state index contributed by atoms with van der Waals surface area (Å²) in [6, 6.07) is 3.54. The number of carbonyl (C=O) groups excluding carboxylic acids is 1. The van der Waals surface area contributed by atoms with E-state index in [0.29, 0.717) is 5.92 Å². The van der Waals surface area contributed by atoms with Crippen LogP contribution in [0.2, 0.25) is 0 Å². The van der Waals surface area contributed by atoms with Crippen molar-refractivity contribution in [2.45, 2.75) is 57.4 Å². The Bertz CT molecular complexity index is 838. The maximum absolute atomic E-state index is 12.6. The summed E-state index contributed by atoms with van der Waals surface area (Å²) in [6.07, 6.45) is 4.17. The first-order chi connectivity index (χ1) is 13.7. The minimum Gasteiger partial charge on any atom is -0.477 e. The van der Waals surface area contributed by atoms with Gasteiger partial charge in [0, 0.05) is 25.2 Å². The molecule has 2 rings (SSSR count). The van der Waals surface area contributed by atoms with E-state index in [4.69, 9.17) is 4.74 Å². The molecule has 0 bridgehead atoms. The number of benzene rings is 1. The molecule has 0 radical (unpaired) electrons. The zero-order valence-corrected chi connectivity index (χ0v) is 17.9. The molecule has 0 heterocycles. The lowest BCUT2D eigenvalue weighted by Gasteiger charge is -2.29.